The smallest absolute Gasteiger partial charge is 0.322 e. The van der Waals surface area contributed by atoms with Gasteiger partial charge in [0.2, 0.25) is 10.0 Å². The number of sulfonamides is 1. The molecule has 2 rings (SSSR count). The minimum Gasteiger partial charge on any atom is -0.480 e. The van der Waals surface area contributed by atoms with Crippen LogP contribution in [-0.2, 0) is 14.8 Å². The maximum atomic E-state index is 11.9. The van der Waals surface area contributed by atoms with E-state index in [0.29, 0.717) is 0 Å². The van der Waals surface area contributed by atoms with E-state index in [1.54, 1.807) is 18.2 Å². The number of carboxylic acid groups (broad SMARTS) is 1. The molecule has 1 unspecified atom stereocenters. The van der Waals surface area contributed by atoms with Gasteiger partial charge >= 0.3 is 5.97 Å². The van der Waals surface area contributed by atoms with Crippen LogP contribution in [0, 0.1) is 5.92 Å². The average Bonchev–Trinajstić information content (AvgIpc) is 3.11. The first-order valence-corrected chi connectivity index (χ1v) is 6.79. The van der Waals surface area contributed by atoms with Gasteiger partial charge in [0.25, 0.3) is 0 Å². The summed E-state index contributed by atoms with van der Waals surface area (Å²) in [6, 6.07) is 6.76. The van der Waals surface area contributed by atoms with Gasteiger partial charge in [-0.2, -0.15) is 4.72 Å². The van der Waals surface area contributed by atoms with Crippen molar-refractivity contribution in [3.8, 4) is 0 Å². The van der Waals surface area contributed by atoms with Gasteiger partial charge in [-0.15, -0.1) is 0 Å². The predicted octanol–water partition coefficient (Wildman–Crippen LogP) is 0.828. The summed E-state index contributed by atoms with van der Waals surface area (Å²) in [5.41, 5.74) is 0. The van der Waals surface area contributed by atoms with Crippen molar-refractivity contribution in [3.63, 3.8) is 0 Å². The Hall–Kier alpha value is -1.40. The number of hydrogen-bond acceptors (Lipinski definition) is 3. The average molecular weight is 255 g/mol. The third-order valence-electron chi connectivity index (χ3n) is 2.70. The van der Waals surface area contributed by atoms with Gasteiger partial charge < -0.3 is 5.11 Å². The minimum atomic E-state index is -3.74. The lowest BCUT2D eigenvalue weighted by Gasteiger charge is -2.13. The van der Waals surface area contributed by atoms with Gasteiger partial charge in [-0.25, -0.2) is 8.42 Å². The summed E-state index contributed by atoms with van der Waals surface area (Å²) in [5.74, 6) is -1.20. The Morgan fingerprint density at radius 1 is 1.29 bits per heavy atom. The van der Waals surface area contributed by atoms with Gasteiger partial charge in [-0.1, -0.05) is 18.2 Å². The van der Waals surface area contributed by atoms with Gasteiger partial charge in [0.1, 0.15) is 6.04 Å². The molecule has 0 spiro atoms. The van der Waals surface area contributed by atoms with Gasteiger partial charge in [0.15, 0.2) is 0 Å². The highest BCUT2D eigenvalue weighted by molar-refractivity contribution is 7.89. The highest BCUT2D eigenvalue weighted by atomic mass is 32.2. The van der Waals surface area contributed by atoms with Gasteiger partial charge in [-0.3, -0.25) is 4.79 Å². The largest absolute Gasteiger partial charge is 0.480 e. The standard InChI is InChI=1S/C11H13NO4S/c13-11(14)10(8-6-7-8)12-17(15,16)9-4-2-1-3-5-9/h1-5,8,10,12H,6-7H2,(H,13,14). The summed E-state index contributed by atoms with van der Waals surface area (Å²) in [5, 5.41) is 8.97. The Labute approximate surface area is 99.5 Å². The van der Waals surface area contributed by atoms with Crippen LogP contribution in [0.1, 0.15) is 12.8 Å². The van der Waals surface area contributed by atoms with E-state index >= 15 is 0 Å². The van der Waals surface area contributed by atoms with E-state index in [9.17, 15) is 13.2 Å². The van der Waals surface area contributed by atoms with Crippen LogP contribution in [0.3, 0.4) is 0 Å². The Bertz CT molecular complexity index is 508. The second-order valence-corrected chi connectivity index (χ2v) is 5.80. The molecule has 1 aromatic carbocycles. The summed E-state index contributed by atoms with van der Waals surface area (Å²) in [6.45, 7) is 0. The van der Waals surface area contributed by atoms with E-state index in [2.05, 4.69) is 4.72 Å². The molecule has 1 atom stereocenters. The van der Waals surface area contributed by atoms with Crippen LogP contribution >= 0.6 is 0 Å². The number of benzene rings is 1. The Morgan fingerprint density at radius 3 is 2.35 bits per heavy atom. The van der Waals surface area contributed by atoms with Crippen LogP contribution in [0.2, 0.25) is 0 Å². The van der Waals surface area contributed by atoms with Crippen LogP contribution in [0.4, 0.5) is 0 Å². The lowest BCUT2D eigenvalue weighted by Crippen LogP contribution is -2.42. The molecular weight excluding hydrogens is 242 g/mol. The third kappa shape index (κ3) is 2.83. The van der Waals surface area contributed by atoms with Crippen LogP contribution in [0.5, 0.6) is 0 Å². The van der Waals surface area contributed by atoms with Crippen molar-refractivity contribution in [1.82, 2.24) is 4.72 Å². The fourth-order valence-corrected chi connectivity index (χ4v) is 2.89. The van der Waals surface area contributed by atoms with E-state index in [0.717, 1.165) is 12.8 Å². The number of hydrogen-bond donors (Lipinski definition) is 2. The second kappa shape index (κ2) is 4.46. The lowest BCUT2D eigenvalue weighted by atomic mass is 10.2. The number of rotatable bonds is 5. The Morgan fingerprint density at radius 2 is 1.88 bits per heavy atom. The molecule has 0 saturated heterocycles. The fraction of sp³-hybridized carbons (Fsp3) is 0.364. The molecule has 0 aliphatic heterocycles. The molecule has 0 aromatic heterocycles. The molecule has 1 saturated carbocycles. The molecule has 0 bridgehead atoms. The van der Waals surface area contributed by atoms with Gasteiger partial charge in [0.05, 0.1) is 4.90 Å². The minimum absolute atomic E-state index is 0.0778. The van der Waals surface area contributed by atoms with E-state index in [1.165, 1.54) is 12.1 Å². The zero-order valence-electron chi connectivity index (χ0n) is 9.04. The molecule has 1 fully saturated rings. The Balaban J connectivity index is 2.19. The summed E-state index contributed by atoms with van der Waals surface area (Å²) in [7, 11) is -3.74. The van der Waals surface area contributed by atoms with Crippen molar-refractivity contribution in [2.24, 2.45) is 5.92 Å². The van der Waals surface area contributed by atoms with Crippen molar-refractivity contribution < 1.29 is 18.3 Å². The second-order valence-electron chi connectivity index (χ2n) is 4.09. The highest BCUT2D eigenvalue weighted by Gasteiger charge is 2.39. The molecule has 0 amide bonds. The van der Waals surface area contributed by atoms with E-state index < -0.39 is 22.0 Å². The summed E-state index contributed by atoms with van der Waals surface area (Å²) in [6.07, 6.45) is 1.52. The molecule has 17 heavy (non-hydrogen) atoms. The summed E-state index contributed by atoms with van der Waals surface area (Å²) in [4.78, 5) is 11.1. The molecule has 5 nitrogen and oxygen atoms in total. The van der Waals surface area contributed by atoms with E-state index in [4.69, 9.17) is 5.11 Å². The van der Waals surface area contributed by atoms with Crippen LogP contribution in [0.15, 0.2) is 35.2 Å². The maximum Gasteiger partial charge on any atom is 0.322 e. The normalized spacial score (nSPS) is 17.6. The maximum absolute atomic E-state index is 11.9. The number of carbonyl (C=O) groups is 1. The van der Waals surface area contributed by atoms with Crippen molar-refractivity contribution >= 4 is 16.0 Å². The van der Waals surface area contributed by atoms with E-state index in [1.807, 2.05) is 0 Å². The molecule has 0 heterocycles. The van der Waals surface area contributed by atoms with E-state index in [-0.39, 0.29) is 10.8 Å². The van der Waals surface area contributed by atoms with Gasteiger partial charge in [-0.05, 0) is 30.9 Å². The summed E-state index contributed by atoms with van der Waals surface area (Å²) >= 11 is 0. The third-order valence-corrected chi connectivity index (χ3v) is 4.15. The first-order valence-electron chi connectivity index (χ1n) is 5.31. The van der Waals surface area contributed by atoms with Gasteiger partial charge in [0, 0.05) is 0 Å². The van der Waals surface area contributed by atoms with Crippen LogP contribution in [0.25, 0.3) is 0 Å². The number of nitrogens with one attached hydrogen (secondary N) is 1. The molecule has 2 N–H and O–H groups in total. The summed E-state index contributed by atoms with van der Waals surface area (Å²) < 4.78 is 26.1. The Kier molecular flexibility index (Phi) is 3.17. The molecule has 6 heteroatoms. The molecule has 0 radical (unpaired) electrons. The number of aliphatic carboxylic acids is 1. The zero-order chi connectivity index (χ0) is 12.5. The first kappa shape index (κ1) is 12.1. The zero-order valence-corrected chi connectivity index (χ0v) is 9.85. The highest BCUT2D eigenvalue weighted by Crippen LogP contribution is 2.33. The van der Waals surface area contributed by atoms with Crippen molar-refractivity contribution in [1.29, 1.82) is 0 Å². The first-order chi connectivity index (χ1) is 8.00. The quantitative estimate of drug-likeness (QED) is 0.816. The number of carboxylic acids is 1. The molecule has 1 aliphatic rings. The van der Waals surface area contributed by atoms with Crippen molar-refractivity contribution in [2.45, 2.75) is 23.8 Å². The molecule has 1 aromatic rings. The van der Waals surface area contributed by atoms with Crippen molar-refractivity contribution in [2.75, 3.05) is 0 Å². The van der Waals surface area contributed by atoms with Crippen LogP contribution in [-0.4, -0.2) is 25.5 Å². The molecular formula is C11H13NO4S. The topological polar surface area (TPSA) is 83.5 Å². The van der Waals surface area contributed by atoms with Crippen LogP contribution < -0.4 is 4.72 Å². The monoisotopic (exact) mass is 255 g/mol. The predicted molar refractivity (Wildman–Crippen MR) is 60.9 cm³/mol. The van der Waals surface area contributed by atoms with Crippen molar-refractivity contribution in [3.05, 3.63) is 30.3 Å². The fourth-order valence-electron chi connectivity index (χ4n) is 1.61. The molecule has 1 aliphatic carbocycles. The lowest BCUT2D eigenvalue weighted by molar-refractivity contribution is -0.139. The SMILES string of the molecule is O=C(O)C(NS(=O)(=O)c1ccccc1)C1CC1. The molecule has 92 valence electrons.